The van der Waals surface area contributed by atoms with Gasteiger partial charge in [-0.1, -0.05) is 6.92 Å². The average Bonchev–Trinajstić information content (AvgIpc) is 2.69. The second kappa shape index (κ2) is 5.52. The Kier molecular flexibility index (Phi) is 4.01. The van der Waals surface area contributed by atoms with E-state index >= 15 is 0 Å². The topological polar surface area (TPSA) is 29.9 Å². The summed E-state index contributed by atoms with van der Waals surface area (Å²) in [7, 11) is 1.93. The van der Waals surface area contributed by atoms with Crippen molar-refractivity contribution in [1.29, 1.82) is 0 Å². The maximum absolute atomic E-state index is 13.0. The normalized spacial score (nSPS) is 10.7. The molecule has 0 saturated carbocycles. The van der Waals surface area contributed by atoms with E-state index in [4.69, 9.17) is 0 Å². The SMILES string of the molecule is CCc1cc(CNc2ccc(F)cc2Br)n(C)n1. The molecule has 3 nitrogen and oxygen atoms in total. The summed E-state index contributed by atoms with van der Waals surface area (Å²) < 4.78 is 15.5. The highest BCUT2D eigenvalue weighted by Gasteiger charge is 2.05. The molecular formula is C13H15BrFN3. The van der Waals surface area contributed by atoms with Crippen LogP contribution in [0.15, 0.2) is 28.7 Å². The fraction of sp³-hybridized carbons (Fsp3) is 0.308. The Morgan fingerprint density at radius 3 is 2.78 bits per heavy atom. The molecule has 0 aliphatic carbocycles. The molecule has 0 radical (unpaired) electrons. The highest BCUT2D eigenvalue weighted by Crippen LogP contribution is 2.23. The van der Waals surface area contributed by atoms with Gasteiger partial charge in [0.15, 0.2) is 0 Å². The van der Waals surface area contributed by atoms with Crippen LogP contribution >= 0.6 is 15.9 Å². The summed E-state index contributed by atoms with van der Waals surface area (Å²) >= 11 is 3.33. The van der Waals surface area contributed by atoms with Crippen molar-refractivity contribution in [1.82, 2.24) is 9.78 Å². The first-order valence-corrected chi connectivity index (χ1v) is 6.60. The molecule has 1 N–H and O–H groups in total. The molecular weight excluding hydrogens is 297 g/mol. The third-order valence-electron chi connectivity index (χ3n) is 2.78. The zero-order valence-electron chi connectivity index (χ0n) is 10.4. The summed E-state index contributed by atoms with van der Waals surface area (Å²) in [6, 6.07) is 6.68. The highest BCUT2D eigenvalue weighted by atomic mass is 79.9. The van der Waals surface area contributed by atoms with Crippen LogP contribution in [0.25, 0.3) is 0 Å². The molecule has 5 heteroatoms. The van der Waals surface area contributed by atoms with E-state index in [0.717, 1.165) is 28.0 Å². The molecule has 1 heterocycles. The largest absolute Gasteiger partial charge is 0.378 e. The van der Waals surface area contributed by atoms with Crippen molar-refractivity contribution >= 4 is 21.6 Å². The predicted octanol–water partition coefficient (Wildman–Crippen LogP) is 3.50. The maximum Gasteiger partial charge on any atom is 0.124 e. The summed E-state index contributed by atoms with van der Waals surface area (Å²) in [4.78, 5) is 0. The molecule has 1 aromatic carbocycles. The van der Waals surface area contributed by atoms with Crippen LogP contribution in [0.5, 0.6) is 0 Å². The van der Waals surface area contributed by atoms with Crippen LogP contribution in [0.2, 0.25) is 0 Å². The van der Waals surface area contributed by atoms with Crippen LogP contribution in [0.3, 0.4) is 0 Å². The van der Waals surface area contributed by atoms with Gasteiger partial charge in [0.25, 0.3) is 0 Å². The van der Waals surface area contributed by atoms with Crippen molar-refractivity contribution in [2.45, 2.75) is 19.9 Å². The fourth-order valence-electron chi connectivity index (χ4n) is 1.73. The molecule has 2 aromatic rings. The standard InChI is InChI=1S/C13H15BrFN3/c1-3-10-7-11(18(2)17-10)8-16-13-5-4-9(15)6-12(13)14/h4-7,16H,3,8H2,1-2H3. The first-order chi connectivity index (χ1) is 8.60. The number of halogens is 2. The second-order valence-corrected chi connectivity index (χ2v) is 4.94. The van der Waals surface area contributed by atoms with Gasteiger partial charge in [-0.05, 0) is 46.6 Å². The maximum atomic E-state index is 13.0. The van der Waals surface area contributed by atoms with Crippen LogP contribution in [0.4, 0.5) is 10.1 Å². The molecule has 2 rings (SSSR count). The Balaban J connectivity index is 2.08. The molecule has 18 heavy (non-hydrogen) atoms. The molecule has 0 aliphatic rings. The Morgan fingerprint density at radius 1 is 1.39 bits per heavy atom. The van der Waals surface area contributed by atoms with Gasteiger partial charge >= 0.3 is 0 Å². The minimum Gasteiger partial charge on any atom is -0.378 e. The van der Waals surface area contributed by atoms with Gasteiger partial charge in [-0.3, -0.25) is 4.68 Å². The van der Waals surface area contributed by atoms with Crippen molar-refractivity contribution in [2.24, 2.45) is 7.05 Å². The van der Waals surface area contributed by atoms with Gasteiger partial charge in [0, 0.05) is 17.2 Å². The molecule has 0 amide bonds. The molecule has 96 valence electrons. The Morgan fingerprint density at radius 2 is 2.17 bits per heavy atom. The number of nitrogens with zero attached hydrogens (tertiary/aromatic N) is 2. The van der Waals surface area contributed by atoms with Gasteiger partial charge in [0.1, 0.15) is 5.82 Å². The predicted molar refractivity (Wildman–Crippen MR) is 74.0 cm³/mol. The summed E-state index contributed by atoms with van der Waals surface area (Å²) in [5.74, 6) is -0.249. The molecule has 0 aliphatic heterocycles. The molecule has 0 bridgehead atoms. The lowest BCUT2D eigenvalue weighted by atomic mass is 10.3. The van der Waals surface area contributed by atoms with Crippen LogP contribution < -0.4 is 5.32 Å². The van der Waals surface area contributed by atoms with E-state index in [9.17, 15) is 4.39 Å². The van der Waals surface area contributed by atoms with Crippen molar-refractivity contribution in [3.8, 4) is 0 Å². The summed E-state index contributed by atoms with van der Waals surface area (Å²) in [5.41, 5.74) is 3.05. The van der Waals surface area contributed by atoms with Crippen molar-refractivity contribution in [3.05, 3.63) is 45.9 Å². The van der Waals surface area contributed by atoms with Crippen molar-refractivity contribution in [2.75, 3.05) is 5.32 Å². The Labute approximate surface area is 114 Å². The van der Waals surface area contributed by atoms with Crippen LogP contribution in [0, 0.1) is 5.82 Å². The van der Waals surface area contributed by atoms with Gasteiger partial charge < -0.3 is 5.32 Å². The van der Waals surface area contributed by atoms with Gasteiger partial charge in [0.05, 0.1) is 17.9 Å². The molecule has 1 aromatic heterocycles. The molecule has 0 atom stereocenters. The van der Waals surface area contributed by atoms with Crippen molar-refractivity contribution < 1.29 is 4.39 Å². The quantitative estimate of drug-likeness (QED) is 0.936. The number of aromatic nitrogens is 2. The molecule has 0 spiro atoms. The third-order valence-corrected chi connectivity index (χ3v) is 3.44. The number of aryl methyl sites for hydroxylation is 2. The average molecular weight is 312 g/mol. The second-order valence-electron chi connectivity index (χ2n) is 4.08. The number of benzene rings is 1. The number of anilines is 1. The van der Waals surface area contributed by atoms with E-state index in [1.54, 1.807) is 6.07 Å². The molecule has 0 saturated heterocycles. The lowest BCUT2D eigenvalue weighted by Crippen LogP contribution is -2.05. The van der Waals surface area contributed by atoms with Crippen molar-refractivity contribution in [3.63, 3.8) is 0 Å². The zero-order valence-corrected chi connectivity index (χ0v) is 12.0. The minimum absolute atomic E-state index is 0.249. The summed E-state index contributed by atoms with van der Waals surface area (Å²) in [5, 5.41) is 7.64. The van der Waals surface area contributed by atoms with Crippen LogP contribution in [0.1, 0.15) is 18.3 Å². The van der Waals surface area contributed by atoms with Crippen LogP contribution in [-0.2, 0) is 20.0 Å². The number of hydrogen-bond acceptors (Lipinski definition) is 2. The first kappa shape index (κ1) is 13.1. The van der Waals surface area contributed by atoms with E-state index in [0.29, 0.717) is 6.54 Å². The monoisotopic (exact) mass is 311 g/mol. The van der Waals surface area contributed by atoms with E-state index in [-0.39, 0.29) is 5.82 Å². The Hall–Kier alpha value is -1.36. The molecule has 0 fully saturated rings. The highest BCUT2D eigenvalue weighted by molar-refractivity contribution is 9.10. The number of hydrogen-bond donors (Lipinski definition) is 1. The lowest BCUT2D eigenvalue weighted by molar-refractivity contribution is 0.627. The van der Waals surface area contributed by atoms with Crippen LogP contribution in [-0.4, -0.2) is 9.78 Å². The van der Waals surface area contributed by atoms with Gasteiger partial charge in [-0.25, -0.2) is 4.39 Å². The Bertz CT molecular complexity index is 551. The van der Waals surface area contributed by atoms with E-state index in [1.165, 1.54) is 12.1 Å². The summed E-state index contributed by atoms with van der Waals surface area (Å²) in [6.07, 6.45) is 0.925. The number of nitrogens with one attached hydrogen (secondary N) is 1. The smallest absolute Gasteiger partial charge is 0.124 e. The summed E-state index contributed by atoms with van der Waals surface area (Å²) in [6.45, 7) is 2.74. The van der Waals surface area contributed by atoms with Gasteiger partial charge in [-0.2, -0.15) is 5.10 Å². The van der Waals surface area contributed by atoms with E-state index in [2.05, 4.69) is 39.3 Å². The third kappa shape index (κ3) is 2.90. The van der Waals surface area contributed by atoms with E-state index in [1.807, 2.05) is 11.7 Å². The molecule has 0 unspecified atom stereocenters. The van der Waals surface area contributed by atoms with Gasteiger partial charge in [-0.15, -0.1) is 0 Å². The lowest BCUT2D eigenvalue weighted by Gasteiger charge is -2.08. The van der Waals surface area contributed by atoms with E-state index < -0.39 is 0 Å². The first-order valence-electron chi connectivity index (χ1n) is 5.81. The van der Waals surface area contributed by atoms with Gasteiger partial charge in [0.2, 0.25) is 0 Å². The fourth-order valence-corrected chi connectivity index (χ4v) is 2.22. The zero-order chi connectivity index (χ0) is 13.1. The minimum atomic E-state index is -0.249. The number of rotatable bonds is 4.